The molecule has 0 radical (unpaired) electrons. The van der Waals surface area contributed by atoms with E-state index in [0.29, 0.717) is 23.5 Å². The van der Waals surface area contributed by atoms with Crippen LogP contribution in [0, 0.1) is 6.92 Å². The zero-order valence-corrected chi connectivity index (χ0v) is 9.56. The van der Waals surface area contributed by atoms with Crippen molar-refractivity contribution in [3.05, 3.63) is 20.2 Å². The second-order valence-electron chi connectivity index (χ2n) is 3.17. The predicted octanol–water partition coefficient (Wildman–Crippen LogP) is -0.133. The van der Waals surface area contributed by atoms with Crippen molar-refractivity contribution in [3.63, 3.8) is 0 Å². The summed E-state index contributed by atoms with van der Waals surface area (Å²) >= 11 is 0.940. The minimum atomic E-state index is -0.247. The maximum absolute atomic E-state index is 11.6. The van der Waals surface area contributed by atoms with Crippen LogP contribution in [0.15, 0.2) is 4.79 Å². The molecule has 0 saturated carbocycles. The van der Waals surface area contributed by atoms with E-state index in [1.165, 1.54) is 4.57 Å². The van der Waals surface area contributed by atoms with E-state index in [-0.39, 0.29) is 17.4 Å². The Bertz CT molecular complexity index is 408. The third-order valence-corrected chi connectivity index (χ3v) is 3.26. The molecule has 0 aliphatic heterocycles. The Morgan fingerprint density at radius 1 is 1.60 bits per heavy atom. The van der Waals surface area contributed by atoms with Gasteiger partial charge < -0.3 is 15.0 Å². The lowest BCUT2D eigenvalue weighted by molar-refractivity contribution is 0.0954. The first kappa shape index (κ1) is 11.9. The Labute approximate surface area is 91.4 Å². The molecule has 1 rings (SSSR count). The molecule has 1 aromatic heterocycles. The van der Waals surface area contributed by atoms with Gasteiger partial charge in [0.1, 0.15) is 4.88 Å². The summed E-state index contributed by atoms with van der Waals surface area (Å²) in [5.41, 5.74) is 0.673. The third-order valence-electron chi connectivity index (χ3n) is 2.12. The molecule has 0 aliphatic carbocycles. The summed E-state index contributed by atoms with van der Waals surface area (Å²) < 4.78 is 1.45. The molecule has 15 heavy (non-hydrogen) atoms. The number of rotatable bonds is 4. The summed E-state index contributed by atoms with van der Waals surface area (Å²) in [6.07, 6.45) is 0.520. The van der Waals surface area contributed by atoms with Crippen LogP contribution < -0.4 is 10.2 Å². The monoisotopic (exact) mass is 230 g/mol. The molecule has 0 aliphatic rings. The minimum Gasteiger partial charge on any atom is -0.396 e. The topological polar surface area (TPSA) is 71.3 Å². The average molecular weight is 230 g/mol. The molecule has 84 valence electrons. The highest BCUT2D eigenvalue weighted by Gasteiger charge is 2.14. The SMILES string of the molecule is Cc1c(C(=O)NCCCO)sc(=O)n1C. The first-order valence-corrected chi connectivity index (χ1v) is 5.45. The van der Waals surface area contributed by atoms with Crippen LogP contribution in [-0.4, -0.2) is 28.7 Å². The van der Waals surface area contributed by atoms with E-state index < -0.39 is 0 Å². The Hall–Kier alpha value is -1.14. The molecule has 0 spiro atoms. The van der Waals surface area contributed by atoms with Crippen molar-refractivity contribution in [3.8, 4) is 0 Å². The van der Waals surface area contributed by atoms with Gasteiger partial charge in [-0.3, -0.25) is 9.59 Å². The number of aliphatic hydroxyl groups is 1. The van der Waals surface area contributed by atoms with E-state index in [0.717, 1.165) is 11.3 Å². The predicted molar refractivity (Wildman–Crippen MR) is 58.3 cm³/mol. The van der Waals surface area contributed by atoms with Crippen molar-refractivity contribution in [2.45, 2.75) is 13.3 Å². The summed E-state index contributed by atoms with van der Waals surface area (Å²) in [6, 6.07) is 0. The lowest BCUT2D eigenvalue weighted by Gasteiger charge is -2.02. The summed E-state index contributed by atoms with van der Waals surface area (Å²) in [5, 5.41) is 11.2. The smallest absolute Gasteiger partial charge is 0.307 e. The van der Waals surface area contributed by atoms with Gasteiger partial charge in [-0.1, -0.05) is 11.3 Å². The molecule has 1 heterocycles. The van der Waals surface area contributed by atoms with Crippen molar-refractivity contribution in [2.24, 2.45) is 7.05 Å². The molecular weight excluding hydrogens is 216 g/mol. The zero-order chi connectivity index (χ0) is 11.4. The Morgan fingerprint density at radius 3 is 2.73 bits per heavy atom. The third kappa shape index (κ3) is 2.66. The van der Waals surface area contributed by atoms with Gasteiger partial charge >= 0.3 is 4.87 Å². The van der Waals surface area contributed by atoms with Crippen molar-refractivity contribution in [1.29, 1.82) is 0 Å². The van der Waals surface area contributed by atoms with Crippen LogP contribution in [0.4, 0.5) is 0 Å². The molecule has 0 bridgehead atoms. The highest BCUT2D eigenvalue weighted by Crippen LogP contribution is 2.09. The summed E-state index contributed by atoms with van der Waals surface area (Å²) in [7, 11) is 1.64. The first-order valence-electron chi connectivity index (χ1n) is 4.63. The number of aliphatic hydroxyl groups excluding tert-OH is 1. The van der Waals surface area contributed by atoms with E-state index in [9.17, 15) is 9.59 Å². The number of thiazole rings is 1. The quantitative estimate of drug-likeness (QED) is 0.708. The van der Waals surface area contributed by atoms with E-state index >= 15 is 0 Å². The highest BCUT2D eigenvalue weighted by atomic mass is 32.1. The number of amides is 1. The minimum absolute atomic E-state index is 0.0459. The molecule has 0 aromatic carbocycles. The molecule has 0 saturated heterocycles. The van der Waals surface area contributed by atoms with Crippen molar-refractivity contribution in [1.82, 2.24) is 9.88 Å². The van der Waals surface area contributed by atoms with Crippen LogP contribution in [0.5, 0.6) is 0 Å². The maximum atomic E-state index is 11.6. The first-order chi connectivity index (χ1) is 7.07. The Kier molecular flexibility index (Phi) is 4.05. The van der Waals surface area contributed by atoms with Gasteiger partial charge in [-0.25, -0.2) is 0 Å². The number of carbonyl (C=O) groups is 1. The lowest BCUT2D eigenvalue weighted by Crippen LogP contribution is -2.25. The van der Waals surface area contributed by atoms with Crippen LogP contribution in [0.3, 0.4) is 0 Å². The second-order valence-corrected chi connectivity index (χ2v) is 4.14. The van der Waals surface area contributed by atoms with Crippen LogP contribution in [-0.2, 0) is 7.05 Å². The standard InChI is InChI=1S/C9H14N2O3S/c1-6-7(15-9(14)11(6)2)8(13)10-4-3-5-12/h12H,3-5H2,1-2H3,(H,10,13). The number of hydrogen-bond acceptors (Lipinski definition) is 4. The van der Waals surface area contributed by atoms with Crippen molar-refractivity contribution < 1.29 is 9.90 Å². The fourth-order valence-corrected chi connectivity index (χ4v) is 1.99. The van der Waals surface area contributed by atoms with Crippen LogP contribution in [0.1, 0.15) is 21.8 Å². The van der Waals surface area contributed by atoms with Gasteiger partial charge in [-0.15, -0.1) is 0 Å². The van der Waals surface area contributed by atoms with E-state index in [4.69, 9.17) is 5.11 Å². The van der Waals surface area contributed by atoms with E-state index in [1.807, 2.05) is 0 Å². The molecule has 1 aromatic rings. The average Bonchev–Trinajstić information content (AvgIpc) is 2.46. The van der Waals surface area contributed by atoms with Crippen LogP contribution >= 0.6 is 11.3 Å². The molecule has 0 atom stereocenters. The maximum Gasteiger partial charge on any atom is 0.307 e. The molecule has 2 N–H and O–H groups in total. The Balaban J connectivity index is 2.74. The number of hydrogen-bond donors (Lipinski definition) is 2. The molecule has 6 heteroatoms. The fraction of sp³-hybridized carbons (Fsp3) is 0.556. The van der Waals surface area contributed by atoms with Gasteiger partial charge in [0.05, 0.1) is 0 Å². The molecular formula is C9H14N2O3S. The molecule has 0 fully saturated rings. The molecule has 1 amide bonds. The number of nitrogens with one attached hydrogen (secondary N) is 1. The van der Waals surface area contributed by atoms with Crippen molar-refractivity contribution in [2.75, 3.05) is 13.2 Å². The van der Waals surface area contributed by atoms with E-state index in [1.54, 1.807) is 14.0 Å². The fourth-order valence-electron chi connectivity index (χ4n) is 1.09. The summed E-state index contributed by atoms with van der Waals surface area (Å²) in [5.74, 6) is -0.247. The van der Waals surface area contributed by atoms with Gasteiger partial charge in [-0.2, -0.15) is 0 Å². The number of aromatic nitrogens is 1. The van der Waals surface area contributed by atoms with Crippen LogP contribution in [0.25, 0.3) is 0 Å². The summed E-state index contributed by atoms with van der Waals surface area (Å²) in [4.78, 5) is 23.1. The number of carbonyl (C=O) groups excluding carboxylic acids is 1. The van der Waals surface area contributed by atoms with Gasteiger partial charge in [0.15, 0.2) is 0 Å². The Morgan fingerprint density at radius 2 is 2.27 bits per heavy atom. The highest BCUT2D eigenvalue weighted by molar-refractivity contribution is 7.11. The van der Waals surface area contributed by atoms with Gasteiger partial charge in [0, 0.05) is 25.9 Å². The molecule has 5 nitrogen and oxygen atoms in total. The normalized spacial score (nSPS) is 10.3. The zero-order valence-electron chi connectivity index (χ0n) is 8.74. The van der Waals surface area contributed by atoms with Crippen molar-refractivity contribution >= 4 is 17.2 Å². The second kappa shape index (κ2) is 5.09. The largest absolute Gasteiger partial charge is 0.396 e. The lowest BCUT2D eigenvalue weighted by atomic mass is 10.3. The van der Waals surface area contributed by atoms with Gasteiger partial charge in [-0.05, 0) is 13.3 Å². The van der Waals surface area contributed by atoms with Crippen LogP contribution in [0.2, 0.25) is 0 Å². The van der Waals surface area contributed by atoms with Gasteiger partial charge in [0.2, 0.25) is 0 Å². The van der Waals surface area contributed by atoms with E-state index in [2.05, 4.69) is 5.32 Å². The number of nitrogens with zero attached hydrogens (tertiary/aromatic N) is 1. The molecule has 0 unspecified atom stereocenters. The summed E-state index contributed by atoms with van der Waals surface area (Å²) in [6.45, 7) is 2.20. The van der Waals surface area contributed by atoms with Gasteiger partial charge in [0.25, 0.3) is 5.91 Å².